The van der Waals surface area contributed by atoms with Gasteiger partial charge >= 0.3 is 0 Å². The third kappa shape index (κ3) is 3.02. The molecule has 2 rings (SSSR count). The highest BCUT2D eigenvalue weighted by Crippen LogP contribution is 2.16. The van der Waals surface area contributed by atoms with Crippen LogP contribution in [-0.2, 0) is 10.0 Å². The van der Waals surface area contributed by atoms with E-state index in [1.165, 1.54) is 0 Å². The molecule has 1 heterocycles. The zero-order chi connectivity index (χ0) is 13.9. The smallest absolute Gasteiger partial charge is 0.239 e. The van der Waals surface area contributed by atoms with Crippen LogP contribution in [0.25, 0.3) is 5.69 Å². The summed E-state index contributed by atoms with van der Waals surface area (Å²) in [7, 11) is -3.47. The average molecular weight is 279 g/mol. The van der Waals surface area contributed by atoms with Crippen LogP contribution in [0.15, 0.2) is 41.4 Å². The first-order valence-electron chi connectivity index (χ1n) is 6.16. The van der Waals surface area contributed by atoms with Gasteiger partial charge in [-0.3, -0.25) is 0 Å². The Morgan fingerprint density at radius 2 is 1.95 bits per heavy atom. The van der Waals surface area contributed by atoms with Crippen LogP contribution in [-0.4, -0.2) is 24.7 Å². The van der Waals surface area contributed by atoms with Crippen molar-refractivity contribution in [2.75, 3.05) is 6.54 Å². The highest BCUT2D eigenvalue weighted by molar-refractivity contribution is 7.89. The highest BCUT2D eigenvalue weighted by Gasteiger charge is 2.19. The minimum Gasteiger partial charge on any atom is -0.239 e. The van der Waals surface area contributed by atoms with Gasteiger partial charge in [0.1, 0.15) is 4.90 Å². The van der Waals surface area contributed by atoms with Crippen LogP contribution in [0.2, 0.25) is 0 Å². The van der Waals surface area contributed by atoms with Crippen molar-refractivity contribution < 1.29 is 8.42 Å². The standard InChI is InChI=1S/C13H17N3O2S/c1-3-9-14-19(17,18)13-10-16(15-11(13)2)12-7-5-4-6-8-12/h4-8,10,14H,3,9H2,1-2H3. The molecule has 1 N–H and O–H groups in total. The third-order valence-electron chi connectivity index (χ3n) is 2.71. The van der Waals surface area contributed by atoms with Crippen LogP contribution < -0.4 is 4.72 Å². The van der Waals surface area contributed by atoms with Crippen molar-refractivity contribution in [1.82, 2.24) is 14.5 Å². The molecule has 0 bridgehead atoms. The molecule has 6 heteroatoms. The second-order valence-corrected chi connectivity index (χ2v) is 5.99. The molecular formula is C13H17N3O2S. The molecule has 0 saturated heterocycles. The zero-order valence-electron chi connectivity index (χ0n) is 11.0. The average Bonchev–Trinajstić information content (AvgIpc) is 2.80. The maximum atomic E-state index is 12.1. The van der Waals surface area contributed by atoms with Crippen LogP contribution in [0.1, 0.15) is 19.0 Å². The molecular weight excluding hydrogens is 262 g/mol. The Morgan fingerprint density at radius 3 is 2.58 bits per heavy atom. The molecule has 0 atom stereocenters. The van der Waals surface area contributed by atoms with Gasteiger partial charge < -0.3 is 0 Å². The van der Waals surface area contributed by atoms with E-state index >= 15 is 0 Å². The number of sulfonamides is 1. The number of hydrogen-bond donors (Lipinski definition) is 1. The van der Waals surface area contributed by atoms with Crippen molar-refractivity contribution in [3.63, 3.8) is 0 Å². The van der Waals surface area contributed by atoms with Crippen molar-refractivity contribution in [3.05, 3.63) is 42.2 Å². The molecule has 0 aliphatic heterocycles. The number of para-hydroxylation sites is 1. The quantitative estimate of drug-likeness (QED) is 0.908. The lowest BCUT2D eigenvalue weighted by Gasteiger charge is -2.03. The molecule has 2 aromatic rings. The first-order valence-corrected chi connectivity index (χ1v) is 7.64. The van der Waals surface area contributed by atoms with Crippen LogP contribution in [0.3, 0.4) is 0 Å². The third-order valence-corrected chi connectivity index (χ3v) is 4.27. The summed E-state index contributed by atoms with van der Waals surface area (Å²) in [5, 5.41) is 4.25. The Morgan fingerprint density at radius 1 is 1.26 bits per heavy atom. The Kier molecular flexibility index (Phi) is 4.01. The summed E-state index contributed by atoms with van der Waals surface area (Å²) in [6, 6.07) is 9.43. The molecule has 102 valence electrons. The first kappa shape index (κ1) is 13.8. The largest absolute Gasteiger partial charge is 0.243 e. The van der Waals surface area contributed by atoms with Gasteiger partial charge in [0.2, 0.25) is 10.0 Å². The number of nitrogens with zero attached hydrogens (tertiary/aromatic N) is 2. The van der Waals surface area contributed by atoms with Crippen molar-refractivity contribution in [3.8, 4) is 5.69 Å². The van der Waals surface area contributed by atoms with Gasteiger partial charge in [-0.05, 0) is 25.5 Å². The Balaban J connectivity index is 2.37. The summed E-state index contributed by atoms with van der Waals surface area (Å²) in [6.07, 6.45) is 2.30. The van der Waals surface area contributed by atoms with Crippen LogP contribution in [0.4, 0.5) is 0 Å². The first-order chi connectivity index (χ1) is 9.04. The van der Waals surface area contributed by atoms with E-state index in [2.05, 4.69) is 9.82 Å². The molecule has 1 aromatic heterocycles. The van der Waals surface area contributed by atoms with Crippen molar-refractivity contribution in [2.24, 2.45) is 0 Å². The molecule has 5 nitrogen and oxygen atoms in total. The summed E-state index contributed by atoms with van der Waals surface area (Å²) in [6.45, 7) is 4.04. The van der Waals surface area contributed by atoms with Crippen molar-refractivity contribution in [2.45, 2.75) is 25.2 Å². The van der Waals surface area contributed by atoms with Crippen LogP contribution in [0.5, 0.6) is 0 Å². The summed E-state index contributed by atoms with van der Waals surface area (Å²) >= 11 is 0. The lowest BCUT2D eigenvalue weighted by Crippen LogP contribution is -2.24. The van der Waals surface area contributed by atoms with Gasteiger partial charge in [0.25, 0.3) is 0 Å². The number of hydrogen-bond acceptors (Lipinski definition) is 3. The summed E-state index contributed by atoms with van der Waals surface area (Å²) < 4.78 is 28.3. The van der Waals surface area contributed by atoms with Crippen LogP contribution >= 0.6 is 0 Å². The van der Waals surface area contributed by atoms with E-state index in [-0.39, 0.29) is 4.90 Å². The molecule has 0 unspecified atom stereocenters. The monoisotopic (exact) mass is 279 g/mol. The van der Waals surface area contributed by atoms with E-state index in [4.69, 9.17) is 0 Å². The topological polar surface area (TPSA) is 64.0 Å². The Hall–Kier alpha value is -1.66. The predicted molar refractivity (Wildman–Crippen MR) is 73.8 cm³/mol. The van der Waals surface area contributed by atoms with Gasteiger partial charge in [0, 0.05) is 6.54 Å². The minimum absolute atomic E-state index is 0.227. The van der Waals surface area contributed by atoms with E-state index in [1.54, 1.807) is 17.8 Å². The van der Waals surface area contributed by atoms with Gasteiger partial charge in [-0.2, -0.15) is 5.10 Å². The maximum absolute atomic E-state index is 12.1. The molecule has 1 aromatic carbocycles. The van der Waals surface area contributed by atoms with E-state index < -0.39 is 10.0 Å². The molecule has 0 saturated carbocycles. The molecule has 0 aliphatic rings. The maximum Gasteiger partial charge on any atom is 0.243 e. The normalized spacial score (nSPS) is 11.7. The Labute approximate surface area is 113 Å². The number of nitrogens with one attached hydrogen (secondary N) is 1. The summed E-state index contributed by atoms with van der Waals surface area (Å²) in [4.78, 5) is 0.227. The molecule has 0 amide bonds. The van der Waals surface area contributed by atoms with E-state index in [1.807, 2.05) is 37.3 Å². The molecule has 0 radical (unpaired) electrons. The van der Waals surface area contributed by atoms with Gasteiger partial charge in [-0.25, -0.2) is 17.8 Å². The minimum atomic E-state index is -3.47. The van der Waals surface area contributed by atoms with E-state index in [9.17, 15) is 8.42 Å². The lowest BCUT2D eigenvalue weighted by atomic mass is 10.3. The van der Waals surface area contributed by atoms with Gasteiger partial charge in [0.15, 0.2) is 0 Å². The number of benzene rings is 1. The fourth-order valence-corrected chi connectivity index (χ4v) is 3.03. The van der Waals surface area contributed by atoms with E-state index in [0.717, 1.165) is 12.1 Å². The van der Waals surface area contributed by atoms with Crippen molar-refractivity contribution in [1.29, 1.82) is 0 Å². The second-order valence-electron chi connectivity index (χ2n) is 4.26. The molecule has 0 fully saturated rings. The van der Waals surface area contributed by atoms with E-state index in [0.29, 0.717) is 12.2 Å². The van der Waals surface area contributed by atoms with Crippen molar-refractivity contribution >= 4 is 10.0 Å². The lowest BCUT2D eigenvalue weighted by molar-refractivity contribution is 0.580. The summed E-state index contributed by atoms with van der Waals surface area (Å²) in [5.41, 5.74) is 1.33. The zero-order valence-corrected chi connectivity index (χ0v) is 11.8. The van der Waals surface area contributed by atoms with Gasteiger partial charge in [0.05, 0.1) is 17.6 Å². The van der Waals surface area contributed by atoms with Crippen LogP contribution in [0, 0.1) is 6.92 Å². The number of aromatic nitrogens is 2. The fourth-order valence-electron chi connectivity index (χ4n) is 1.74. The molecule has 0 spiro atoms. The molecule has 0 aliphatic carbocycles. The fraction of sp³-hybridized carbons (Fsp3) is 0.308. The predicted octanol–water partition coefficient (Wildman–Crippen LogP) is 1.87. The SMILES string of the molecule is CCCNS(=O)(=O)c1cn(-c2ccccc2)nc1C. The second kappa shape index (κ2) is 5.54. The highest BCUT2D eigenvalue weighted by atomic mass is 32.2. The Bertz CT molecular complexity index is 648. The van der Waals surface area contributed by atoms with Gasteiger partial charge in [-0.15, -0.1) is 0 Å². The van der Waals surface area contributed by atoms with Gasteiger partial charge in [-0.1, -0.05) is 25.1 Å². The number of aryl methyl sites for hydroxylation is 1. The summed E-state index contributed by atoms with van der Waals surface area (Å²) in [5.74, 6) is 0. The number of rotatable bonds is 5. The molecule has 19 heavy (non-hydrogen) atoms.